The van der Waals surface area contributed by atoms with E-state index in [-0.39, 0.29) is 6.61 Å². The van der Waals surface area contributed by atoms with Crippen LogP contribution in [0.25, 0.3) is 10.9 Å². The number of hydrogen-bond acceptors (Lipinski definition) is 6. The first-order chi connectivity index (χ1) is 14.8. The van der Waals surface area contributed by atoms with E-state index in [4.69, 9.17) is 14.6 Å². The van der Waals surface area contributed by atoms with Gasteiger partial charge in [-0.25, -0.2) is 10.2 Å². The van der Waals surface area contributed by atoms with Gasteiger partial charge in [-0.3, -0.25) is 9.78 Å². The molecular formula is C21H17Br2N3O5. The normalized spacial score (nSPS) is 12.0. The fourth-order valence-corrected chi connectivity index (χ4v) is 3.91. The van der Waals surface area contributed by atoms with E-state index in [1.54, 1.807) is 30.5 Å². The van der Waals surface area contributed by atoms with Crippen LogP contribution in [0.4, 0.5) is 0 Å². The number of nitrogens with one attached hydrogen (secondary N) is 1. The maximum absolute atomic E-state index is 12.1. The van der Waals surface area contributed by atoms with Gasteiger partial charge in [0.05, 0.1) is 10.7 Å². The van der Waals surface area contributed by atoms with Gasteiger partial charge in [-0.2, -0.15) is 5.10 Å². The maximum Gasteiger partial charge on any atom is 0.344 e. The number of nitrogens with zero attached hydrogens (tertiary/aromatic N) is 2. The van der Waals surface area contributed by atoms with Crippen molar-refractivity contribution >= 4 is 60.9 Å². The van der Waals surface area contributed by atoms with Gasteiger partial charge in [0.2, 0.25) is 0 Å². The highest BCUT2D eigenvalue weighted by atomic mass is 79.9. The van der Waals surface area contributed by atoms with Crippen molar-refractivity contribution in [1.29, 1.82) is 0 Å². The van der Waals surface area contributed by atoms with Crippen LogP contribution in [0.15, 0.2) is 62.7 Å². The van der Waals surface area contributed by atoms with Crippen molar-refractivity contribution in [3.63, 3.8) is 0 Å². The van der Waals surface area contributed by atoms with E-state index in [9.17, 15) is 9.59 Å². The Bertz CT molecular complexity index is 1140. The zero-order chi connectivity index (χ0) is 22.4. The van der Waals surface area contributed by atoms with E-state index < -0.39 is 18.0 Å². The number of carbonyl (C=O) groups is 2. The second-order valence-corrected chi connectivity index (χ2v) is 8.03. The molecule has 0 bridgehead atoms. The van der Waals surface area contributed by atoms with Crippen molar-refractivity contribution in [2.45, 2.75) is 13.0 Å². The summed E-state index contributed by atoms with van der Waals surface area (Å²) in [5.41, 5.74) is 3.71. The fraction of sp³-hybridized carbons (Fsp3) is 0.143. The molecule has 2 N–H and O–H groups in total. The summed E-state index contributed by atoms with van der Waals surface area (Å²) in [4.78, 5) is 27.2. The molecule has 8 nitrogen and oxygen atoms in total. The van der Waals surface area contributed by atoms with Gasteiger partial charge in [-0.05, 0) is 64.8 Å². The molecular weight excluding hydrogens is 534 g/mol. The lowest BCUT2D eigenvalue weighted by Gasteiger charge is -2.11. The number of amides is 1. The lowest BCUT2D eigenvalue weighted by Crippen LogP contribution is -2.24. The number of hydrazone groups is 1. The van der Waals surface area contributed by atoms with Crippen LogP contribution in [-0.4, -0.2) is 40.9 Å². The molecule has 0 aliphatic carbocycles. The summed E-state index contributed by atoms with van der Waals surface area (Å²) >= 11 is 6.91. The van der Waals surface area contributed by atoms with Crippen molar-refractivity contribution in [2.75, 3.05) is 6.61 Å². The molecule has 1 amide bonds. The molecule has 0 spiro atoms. The molecule has 0 radical (unpaired) electrons. The summed E-state index contributed by atoms with van der Waals surface area (Å²) in [6.07, 6.45) is 2.16. The number of hydrogen-bond donors (Lipinski definition) is 2. The Morgan fingerprint density at radius 2 is 1.97 bits per heavy atom. The molecule has 0 unspecified atom stereocenters. The minimum Gasteiger partial charge on any atom is -0.480 e. The van der Waals surface area contributed by atoms with Crippen molar-refractivity contribution in [2.24, 2.45) is 5.10 Å². The Morgan fingerprint density at radius 3 is 2.68 bits per heavy atom. The minimum atomic E-state index is -1.05. The van der Waals surface area contributed by atoms with Gasteiger partial charge in [0, 0.05) is 16.1 Å². The number of pyridine rings is 1. The van der Waals surface area contributed by atoms with Gasteiger partial charge in [-0.1, -0.05) is 22.0 Å². The van der Waals surface area contributed by atoms with Crippen molar-refractivity contribution in [3.8, 4) is 11.5 Å². The average molecular weight is 551 g/mol. The fourth-order valence-electron chi connectivity index (χ4n) is 2.52. The second kappa shape index (κ2) is 10.4. The highest BCUT2D eigenvalue weighted by Crippen LogP contribution is 2.37. The molecule has 10 heteroatoms. The largest absolute Gasteiger partial charge is 0.480 e. The monoisotopic (exact) mass is 549 g/mol. The first-order valence-corrected chi connectivity index (χ1v) is 10.6. The van der Waals surface area contributed by atoms with Gasteiger partial charge in [0.25, 0.3) is 5.91 Å². The maximum atomic E-state index is 12.1. The number of ether oxygens (including phenoxy) is 2. The van der Waals surface area contributed by atoms with Gasteiger partial charge in [0.1, 0.15) is 11.3 Å². The van der Waals surface area contributed by atoms with Gasteiger partial charge in [0.15, 0.2) is 18.5 Å². The first kappa shape index (κ1) is 22.7. The molecule has 160 valence electrons. The molecule has 31 heavy (non-hydrogen) atoms. The third kappa shape index (κ3) is 6.02. The molecule has 0 aliphatic heterocycles. The van der Waals surface area contributed by atoms with E-state index in [2.05, 4.69) is 47.4 Å². The predicted molar refractivity (Wildman–Crippen MR) is 123 cm³/mol. The smallest absolute Gasteiger partial charge is 0.344 e. The number of halogens is 2. The van der Waals surface area contributed by atoms with E-state index >= 15 is 0 Å². The van der Waals surface area contributed by atoms with Crippen LogP contribution in [0.2, 0.25) is 0 Å². The zero-order valence-corrected chi connectivity index (χ0v) is 19.4. The SMILES string of the molecule is C[C@H](Oc1ccc(/C=N/NC(=O)COc2c(Br)cc(Br)c3cccnc23)cc1)C(=O)O. The van der Waals surface area contributed by atoms with Crippen LogP contribution in [-0.2, 0) is 9.59 Å². The lowest BCUT2D eigenvalue weighted by atomic mass is 10.2. The van der Waals surface area contributed by atoms with Gasteiger partial charge < -0.3 is 14.6 Å². The molecule has 0 aliphatic rings. The average Bonchev–Trinajstić information content (AvgIpc) is 2.74. The summed E-state index contributed by atoms with van der Waals surface area (Å²) in [6, 6.07) is 12.2. The third-order valence-corrected chi connectivity index (χ3v) is 5.29. The van der Waals surface area contributed by atoms with E-state index in [1.165, 1.54) is 13.1 Å². The first-order valence-electron chi connectivity index (χ1n) is 9.02. The topological polar surface area (TPSA) is 110 Å². The summed E-state index contributed by atoms with van der Waals surface area (Å²) in [6.45, 7) is 1.20. The molecule has 0 fully saturated rings. The van der Waals surface area contributed by atoms with Crippen LogP contribution in [0, 0.1) is 0 Å². The van der Waals surface area contributed by atoms with Crippen LogP contribution in [0.3, 0.4) is 0 Å². The van der Waals surface area contributed by atoms with Crippen LogP contribution in [0.1, 0.15) is 12.5 Å². The number of fused-ring (bicyclic) bond motifs is 1. The Hall–Kier alpha value is -2.98. The molecule has 3 aromatic rings. The third-order valence-electron chi connectivity index (χ3n) is 4.04. The molecule has 0 saturated carbocycles. The quantitative estimate of drug-likeness (QED) is 0.322. The molecule has 3 rings (SSSR count). The number of carbonyl (C=O) groups excluding carboxylic acids is 1. The molecule has 1 atom stereocenters. The van der Waals surface area contributed by atoms with Crippen LogP contribution in [0.5, 0.6) is 11.5 Å². The zero-order valence-electron chi connectivity index (χ0n) is 16.2. The van der Waals surface area contributed by atoms with Crippen LogP contribution < -0.4 is 14.9 Å². The second-order valence-electron chi connectivity index (χ2n) is 6.32. The van der Waals surface area contributed by atoms with E-state index in [0.717, 1.165) is 9.86 Å². The Morgan fingerprint density at radius 1 is 1.23 bits per heavy atom. The summed E-state index contributed by atoms with van der Waals surface area (Å²) in [7, 11) is 0. The van der Waals surface area contributed by atoms with E-state index in [0.29, 0.717) is 27.1 Å². The summed E-state index contributed by atoms with van der Waals surface area (Å²) in [5, 5.41) is 13.6. The van der Waals surface area contributed by atoms with Crippen molar-refractivity contribution in [1.82, 2.24) is 10.4 Å². The predicted octanol–water partition coefficient (Wildman–Crippen LogP) is 4.14. The molecule has 2 aromatic carbocycles. The van der Waals surface area contributed by atoms with E-state index in [1.807, 2.05) is 18.2 Å². The molecule has 0 saturated heterocycles. The Kier molecular flexibility index (Phi) is 7.59. The number of carboxylic acids is 1. The van der Waals surface area contributed by atoms with Crippen molar-refractivity contribution < 1.29 is 24.2 Å². The van der Waals surface area contributed by atoms with Gasteiger partial charge >= 0.3 is 5.97 Å². The minimum absolute atomic E-state index is 0.247. The van der Waals surface area contributed by atoms with Gasteiger partial charge in [-0.15, -0.1) is 0 Å². The number of aromatic nitrogens is 1. The number of rotatable bonds is 8. The van der Waals surface area contributed by atoms with Crippen molar-refractivity contribution in [3.05, 3.63) is 63.2 Å². The summed E-state index contributed by atoms with van der Waals surface area (Å²) in [5.74, 6) is -0.602. The number of benzene rings is 2. The molecule has 1 heterocycles. The van der Waals surface area contributed by atoms with Crippen LogP contribution >= 0.6 is 31.9 Å². The standard InChI is InChI=1S/C21H17Br2N3O5/c1-12(21(28)29)31-14-6-4-13(5-7-14)10-25-26-18(27)11-30-20-17(23)9-16(22)15-3-2-8-24-19(15)20/h2-10,12H,11H2,1H3,(H,26,27)(H,28,29)/b25-10+/t12-/m0/s1. The Labute approximate surface area is 194 Å². The number of aliphatic carboxylic acids is 1. The Balaban J connectivity index is 1.56. The number of carboxylic acid groups (broad SMARTS) is 1. The summed E-state index contributed by atoms with van der Waals surface area (Å²) < 4.78 is 12.4. The molecule has 1 aromatic heterocycles. The highest BCUT2D eigenvalue weighted by Gasteiger charge is 2.14. The lowest BCUT2D eigenvalue weighted by molar-refractivity contribution is -0.144. The highest BCUT2D eigenvalue weighted by molar-refractivity contribution is 9.11.